The van der Waals surface area contributed by atoms with Crippen LogP contribution in [0, 0.1) is 12.7 Å². The molecule has 0 radical (unpaired) electrons. The smallest absolute Gasteiger partial charge is 0.127 e. The minimum absolute atomic E-state index is 0.0398. The zero-order valence-corrected chi connectivity index (χ0v) is 12.1. The van der Waals surface area contributed by atoms with Crippen LogP contribution in [0.2, 0.25) is 5.02 Å². The Labute approximate surface area is 113 Å². The molecule has 0 aliphatic carbocycles. The molecule has 1 N–H and O–H groups in total. The Morgan fingerprint density at radius 2 is 2.11 bits per heavy atom. The maximum absolute atomic E-state index is 13.5. The van der Waals surface area contributed by atoms with E-state index < -0.39 is 0 Å². The van der Waals surface area contributed by atoms with E-state index in [1.165, 1.54) is 6.07 Å². The first-order chi connectivity index (χ1) is 8.30. The number of hydrogen-bond donors (Lipinski definition) is 1. The molecule has 2 nitrogen and oxygen atoms in total. The van der Waals surface area contributed by atoms with Crippen LogP contribution in [-0.2, 0) is 0 Å². The van der Waals surface area contributed by atoms with Crippen molar-refractivity contribution in [2.75, 3.05) is 18.0 Å². The molecule has 4 heteroatoms. The molecule has 18 heavy (non-hydrogen) atoms. The van der Waals surface area contributed by atoms with Gasteiger partial charge in [-0.25, -0.2) is 4.39 Å². The molecule has 0 bridgehead atoms. The van der Waals surface area contributed by atoms with Gasteiger partial charge in [-0.1, -0.05) is 11.6 Å². The fraction of sp³-hybridized carbons (Fsp3) is 0.571. The molecule has 1 aromatic rings. The molecule has 1 aromatic carbocycles. The zero-order chi connectivity index (χ0) is 13.5. The van der Waals surface area contributed by atoms with E-state index in [1.807, 2.05) is 6.07 Å². The van der Waals surface area contributed by atoms with Crippen LogP contribution in [0.5, 0.6) is 0 Å². The lowest BCUT2D eigenvalue weighted by Gasteiger charge is -2.45. The minimum Gasteiger partial charge on any atom is -0.365 e. The average Bonchev–Trinajstić information content (AvgIpc) is 2.27. The molecule has 1 unspecified atom stereocenters. The summed E-state index contributed by atoms with van der Waals surface area (Å²) in [6.45, 7) is 10.0. The van der Waals surface area contributed by atoms with Crippen molar-refractivity contribution < 1.29 is 4.39 Å². The molecule has 2 rings (SSSR count). The third-order valence-corrected chi connectivity index (χ3v) is 3.81. The van der Waals surface area contributed by atoms with E-state index in [0.29, 0.717) is 16.6 Å². The highest BCUT2D eigenvalue weighted by atomic mass is 35.5. The lowest BCUT2D eigenvalue weighted by Crippen LogP contribution is -2.61. The summed E-state index contributed by atoms with van der Waals surface area (Å²) in [5, 5.41) is 3.98. The Kier molecular flexibility index (Phi) is 3.56. The van der Waals surface area contributed by atoms with Crippen LogP contribution in [-0.4, -0.2) is 24.7 Å². The van der Waals surface area contributed by atoms with Gasteiger partial charge in [-0.15, -0.1) is 0 Å². The summed E-state index contributed by atoms with van der Waals surface area (Å²) in [7, 11) is 0. The third kappa shape index (κ3) is 2.62. The number of aryl methyl sites for hydroxylation is 1. The van der Waals surface area contributed by atoms with Gasteiger partial charge in [0, 0.05) is 24.7 Å². The second-order valence-corrected chi connectivity index (χ2v) is 6.20. The quantitative estimate of drug-likeness (QED) is 0.842. The van der Waals surface area contributed by atoms with E-state index in [4.69, 9.17) is 11.6 Å². The van der Waals surface area contributed by atoms with E-state index >= 15 is 0 Å². The molecular weight excluding hydrogens is 251 g/mol. The topological polar surface area (TPSA) is 15.3 Å². The Morgan fingerprint density at radius 1 is 1.44 bits per heavy atom. The molecule has 1 fully saturated rings. The van der Waals surface area contributed by atoms with Crippen molar-refractivity contribution >= 4 is 17.3 Å². The van der Waals surface area contributed by atoms with Gasteiger partial charge in [-0.2, -0.15) is 0 Å². The van der Waals surface area contributed by atoms with E-state index in [2.05, 4.69) is 31.0 Å². The molecule has 1 saturated heterocycles. The summed E-state index contributed by atoms with van der Waals surface area (Å²) in [4.78, 5) is 2.26. The van der Waals surface area contributed by atoms with Gasteiger partial charge in [-0.3, -0.25) is 0 Å². The van der Waals surface area contributed by atoms with Crippen molar-refractivity contribution in [3.63, 3.8) is 0 Å². The average molecular weight is 271 g/mol. The molecule has 0 spiro atoms. The predicted octanol–water partition coefficient (Wildman–Crippen LogP) is 3.36. The summed E-state index contributed by atoms with van der Waals surface area (Å²) in [5.74, 6) is -0.245. The van der Waals surface area contributed by atoms with Gasteiger partial charge in [0.1, 0.15) is 5.82 Å². The van der Waals surface area contributed by atoms with Crippen molar-refractivity contribution in [1.29, 1.82) is 0 Å². The normalized spacial score (nSPS) is 23.2. The summed E-state index contributed by atoms with van der Waals surface area (Å²) in [5.41, 5.74) is 1.61. The number of nitrogens with one attached hydrogen (secondary N) is 1. The molecule has 1 aliphatic rings. The van der Waals surface area contributed by atoms with Crippen molar-refractivity contribution in [3.05, 3.63) is 28.5 Å². The van der Waals surface area contributed by atoms with Crippen LogP contribution in [0.25, 0.3) is 0 Å². The van der Waals surface area contributed by atoms with Crippen LogP contribution in [0.3, 0.4) is 0 Å². The standard InChI is InChI=1S/C14H20ClFN2/c1-9-5-13(11(15)6-12(9)16)18-8-14(3,4)17-7-10(18)2/h5-6,10,17H,7-8H2,1-4H3. The van der Waals surface area contributed by atoms with Crippen molar-refractivity contribution in [1.82, 2.24) is 5.32 Å². The Morgan fingerprint density at radius 3 is 2.78 bits per heavy atom. The maximum atomic E-state index is 13.5. The van der Waals surface area contributed by atoms with Gasteiger partial charge in [-0.05, 0) is 45.4 Å². The second-order valence-electron chi connectivity index (χ2n) is 5.79. The first-order valence-electron chi connectivity index (χ1n) is 6.27. The number of benzene rings is 1. The van der Waals surface area contributed by atoms with Gasteiger partial charge >= 0.3 is 0 Å². The molecule has 1 aliphatic heterocycles. The number of rotatable bonds is 1. The van der Waals surface area contributed by atoms with Crippen LogP contribution < -0.4 is 10.2 Å². The second kappa shape index (κ2) is 4.71. The van der Waals surface area contributed by atoms with Crippen LogP contribution in [0.15, 0.2) is 12.1 Å². The molecule has 0 aromatic heterocycles. The summed E-state index contributed by atoms with van der Waals surface area (Å²) in [6, 6.07) is 3.60. The molecular formula is C14H20ClFN2. The van der Waals surface area contributed by atoms with Gasteiger partial charge < -0.3 is 10.2 Å². The zero-order valence-electron chi connectivity index (χ0n) is 11.3. The van der Waals surface area contributed by atoms with Crippen LogP contribution >= 0.6 is 11.6 Å². The summed E-state index contributed by atoms with van der Waals surface area (Å²) >= 11 is 6.19. The van der Waals surface area contributed by atoms with E-state index in [-0.39, 0.29) is 11.4 Å². The van der Waals surface area contributed by atoms with E-state index in [0.717, 1.165) is 18.8 Å². The lowest BCUT2D eigenvalue weighted by atomic mass is 9.98. The lowest BCUT2D eigenvalue weighted by molar-refractivity contribution is 0.318. The van der Waals surface area contributed by atoms with Gasteiger partial charge in [0.05, 0.1) is 10.7 Å². The van der Waals surface area contributed by atoms with Gasteiger partial charge in [0.25, 0.3) is 0 Å². The highest BCUT2D eigenvalue weighted by molar-refractivity contribution is 6.33. The van der Waals surface area contributed by atoms with Gasteiger partial charge in [0.2, 0.25) is 0 Å². The molecule has 0 saturated carbocycles. The Bertz CT molecular complexity index is 459. The summed E-state index contributed by atoms with van der Waals surface area (Å²) < 4.78 is 13.5. The maximum Gasteiger partial charge on any atom is 0.127 e. The SMILES string of the molecule is Cc1cc(N2CC(C)(C)NCC2C)c(Cl)cc1F. The van der Waals surface area contributed by atoms with Crippen molar-refractivity contribution in [2.45, 2.75) is 39.3 Å². The van der Waals surface area contributed by atoms with E-state index in [1.54, 1.807) is 6.92 Å². The molecule has 1 atom stereocenters. The van der Waals surface area contributed by atoms with E-state index in [9.17, 15) is 4.39 Å². The molecule has 100 valence electrons. The number of halogens is 2. The molecule has 0 amide bonds. The number of piperazine rings is 1. The number of nitrogens with zero attached hydrogens (tertiary/aromatic N) is 1. The predicted molar refractivity (Wildman–Crippen MR) is 75.0 cm³/mol. The fourth-order valence-corrected chi connectivity index (χ4v) is 2.62. The van der Waals surface area contributed by atoms with Crippen molar-refractivity contribution in [3.8, 4) is 0 Å². The minimum atomic E-state index is -0.245. The highest BCUT2D eigenvalue weighted by Crippen LogP contribution is 2.32. The Balaban J connectivity index is 2.38. The summed E-state index contributed by atoms with van der Waals surface area (Å²) in [6.07, 6.45) is 0. The number of hydrogen-bond acceptors (Lipinski definition) is 2. The fourth-order valence-electron chi connectivity index (χ4n) is 2.36. The van der Waals surface area contributed by atoms with Gasteiger partial charge in [0.15, 0.2) is 0 Å². The first kappa shape index (κ1) is 13.6. The first-order valence-corrected chi connectivity index (χ1v) is 6.65. The van der Waals surface area contributed by atoms with Crippen LogP contribution in [0.4, 0.5) is 10.1 Å². The van der Waals surface area contributed by atoms with Crippen molar-refractivity contribution in [2.24, 2.45) is 0 Å². The van der Waals surface area contributed by atoms with Crippen LogP contribution in [0.1, 0.15) is 26.3 Å². The largest absolute Gasteiger partial charge is 0.365 e. The monoisotopic (exact) mass is 270 g/mol. The highest BCUT2D eigenvalue weighted by Gasteiger charge is 2.31. The molecule has 1 heterocycles. The third-order valence-electron chi connectivity index (χ3n) is 3.51. The Hall–Kier alpha value is -0.800. The number of anilines is 1.